The van der Waals surface area contributed by atoms with Gasteiger partial charge >= 0.3 is 6.03 Å². The summed E-state index contributed by atoms with van der Waals surface area (Å²) in [6.45, 7) is 11.2. The van der Waals surface area contributed by atoms with Crippen molar-refractivity contribution in [2.75, 3.05) is 31.5 Å². The third-order valence-electron chi connectivity index (χ3n) is 6.85. The summed E-state index contributed by atoms with van der Waals surface area (Å²) >= 11 is 0. The third-order valence-corrected chi connectivity index (χ3v) is 6.85. The number of hydrogen-bond acceptors (Lipinski definition) is 3. The highest BCUT2D eigenvalue weighted by Gasteiger charge is 2.27. The van der Waals surface area contributed by atoms with Gasteiger partial charge in [-0.2, -0.15) is 5.10 Å². The van der Waals surface area contributed by atoms with Crippen molar-refractivity contribution in [2.24, 2.45) is 5.92 Å². The van der Waals surface area contributed by atoms with Crippen LogP contribution in [0.2, 0.25) is 0 Å². The molecule has 2 aliphatic heterocycles. The highest BCUT2D eigenvalue weighted by molar-refractivity contribution is 5.89. The van der Waals surface area contributed by atoms with Crippen molar-refractivity contribution in [3.8, 4) is 0 Å². The summed E-state index contributed by atoms with van der Waals surface area (Å²) in [5.41, 5.74) is 4.17. The van der Waals surface area contributed by atoms with Crippen LogP contribution in [0.25, 0.3) is 0 Å². The molecule has 6 nitrogen and oxygen atoms in total. The maximum absolute atomic E-state index is 13.0. The number of rotatable bonds is 5. The van der Waals surface area contributed by atoms with E-state index in [9.17, 15) is 4.79 Å². The second-order valence-electron chi connectivity index (χ2n) is 9.51. The van der Waals surface area contributed by atoms with E-state index >= 15 is 0 Å². The minimum atomic E-state index is 0.0275. The van der Waals surface area contributed by atoms with Crippen molar-refractivity contribution >= 4 is 11.7 Å². The molecule has 0 saturated carbocycles. The van der Waals surface area contributed by atoms with Crippen LogP contribution in [-0.4, -0.2) is 57.8 Å². The Kier molecular flexibility index (Phi) is 6.96. The summed E-state index contributed by atoms with van der Waals surface area (Å²) in [5.74, 6) is 0.581. The van der Waals surface area contributed by atoms with Crippen molar-refractivity contribution in [1.82, 2.24) is 19.6 Å². The first-order chi connectivity index (χ1) is 15.0. The fourth-order valence-electron chi connectivity index (χ4n) is 5.12. The minimum absolute atomic E-state index is 0.0275. The van der Waals surface area contributed by atoms with Crippen LogP contribution in [-0.2, 0) is 6.54 Å². The summed E-state index contributed by atoms with van der Waals surface area (Å²) in [6.07, 6.45) is 6.30. The number of carbonyl (C=O) groups is 1. The molecule has 2 aromatic rings. The van der Waals surface area contributed by atoms with Crippen molar-refractivity contribution < 1.29 is 4.79 Å². The lowest BCUT2D eigenvalue weighted by Gasteiger charge is -2.39. The van der Waals surface area contributed by atoms with Crippen molar-refractivity contribution in [3.05, 3.63) is 47.3 Å². The summed E-state index contributed by atoms with van der Waals surface area (Å²) in [7, 11) is 0. The number of benzene rings is 1. The van der Waals surface area contributed by atoms with Gasteiger partial charge < -0.3 is 15.1 Å². The van der Waals surface area contributed by atoms with Gasteiger partial charge in [-0.3, -0.25) is 4.68 Å². The van der Waals surface area contributed by atoms with Gasteiger partial charge in [-0.25, -0.2) is 4.79 Å². The van der Waals surface area contributed by atoms with Crippen LogP contribution in [0.15, 0.2) is 30.3 Å². The number of piperidine rings is 2. The Balaban J connectivity index is 1.33. The van der Waals surface area contributed by atoms with E-state index in [1.165, 1.54) is 32.2 Å². The number of urea groups is 1. The number of hydrogen-bond donors (Lipinski definition) is 1. The third kappa shape index (κ3) is 5.67. The Morgan fingerprint density at radius 1 is 1.13 bits per heavy atom. The molecule has 2 atom stereocenters. The van der Waals surface area contributed by atoms with Crippen LogP contribution in [0.5, 0.6) is 0 Å². The van der Waals surface area contributed by atoms with Crippen molar-refractivity contribution in [1.29, 1.82) is 0 Å². The van der Waals surface area contributed by atoms with E-state index in [2.05, 4.69) is 47.4 Å². The summed E-state index contributed by atoms with van der Waals surface area (Å²) < 4.78 is 2.01. The molecule has 1 aromatic carbocycles. The zero-order valence-electron chi connectivity index (χ0n) is 19.3. The van der Waals surface area contributed by atoms with Crippen LogP contribution < -0.4 is 5.32 Å². The van der Waals surface area contributed by atoms with Gasteiger partial charge in [-0.1, -0.05) is 18.6 Å². The minimum Gasteiger partial charge on any atom is -0.324 e. The van der Waals surface area contributed by atoms with Gasteiger partial charge in [-0.15, -0.1) is 0 Å². The Morgan fingerprint density at radius 3 is 2.77 bits per heavy atom. The van der Waals surface area contributed by atoms with E-state index < -0.39 is 0 Å². The highest BCUT2D eigenvalue weighted by Crippen LogP contribution is 2.23. The monoisotopic (exact) mass is 423 g/mol. The average molecular weight is 424 g/mol. The first-order valence-electron chi connectivity index (χ1n) is 11.9. The molecule has 168 valence electrons. The topological polar surface area (TPSA) is 53.4 Å². The first-order valence-corrected chi connectivity index (χ1v) is 11.9. The average Bonchev–Trinajstić information content (AvgIpc) is 3.07. The molecule has 2 amide bonds. The molecule has 0 bridgehead atoms. The molecule has 0 radical (unpaired) electrons. The predicted molar refractivity (Wildman–Crippen MR) is 125 cm³/mol. The second kappa shape index (κ2) is 9.86. The lowest BCUT2D eigenvalue weighted by molar-refractivity contribution is 0.104. The summed E-state index contributed by atoms with van der Waals surface area (Å²) in [5, 5.41) is 7.68. The zero-order chi connectivity index (χ0) is 21.8. The maximum Gasteiger partial charge on any atom is 0.321 e. The SMILES string of the molecule is Cc1cc(C)n(Cc2cccc(NC(=O)N3CCCC(CN4CCCCC4C)C3)c2)n1. The van der Waals surface area contributed by atoms with E-state index in [1.807, 2.05) is 28.6 Å². The Morgan fingerprint density at radius 2 is 2.00 bits per heavy atom. The number of likely N-dealkylation sites (tertiary alicyclic amines) is 2. The van der Waals surface area contributed by atoms with Crippen LogP contribution in [0, 0.1) is 19.8 Å². The largest absolute Gasteiger partial charge is 0.324 e. The first kappa shape index (κ1) is 21.9. The number of aromatic nitrogens is 2. The second-order valence-corrected chi connectivity index (χ2v) is 9.51. The summed E-state index contributed by atoms with van der Waals surface area (Å²) in [4.78, 5) is 17.6. The van der Waals surface area contributed by atoms with Gasteiger partial charge in [0.1, 0.15) is 0 Å². The molecule has 4 rings (SSSR count). The molecule has 3 heterocycles. The molecular formula is C25H37N5O. The molecule has 1 N–H and O–H groups in total. The number of carbonyl (C=O) groups excluding carboxylic acids is 1. The molecule has 0 spiro atoms. The van der Waals surface area contributed by atoms with E-state index in [-0.39, 0.29) is 6.03 Å². The van der Waals surface area contributed by atoms with Crippen LogP contribution in [0.3, 0.4) is 0 Å². The van der Waals surface area contributed by atoms with E-state index in [0.29, 0.717) is 18.5 Å². The van der Waals surface area contributed by atoms with Crippen LogP contribution >= 0.6 is 0 Å². The fraction of sp³-hybridized carbons (Fsp3) is 0.600. The predicted octanol–water partition coefficient (Wildman–Crippen LogP) is 4.67. The standard InChI is InChI=1S/C25H37N5O/c1-19-14-21(3)30(27-19)18-22-9-6-11-24(15-22)26-25(31)29-13-7-10-23(17-29)16-28-12-5-4-8-20(28)2/h6,9,11,14-15,20,23H,4-5,7-8,10,12-13,16-18H2,1-3H3,(H,26,31). The molecule has 1 aromatic heterocycles. The lowest BCUT2D eigenvalue weighted by atomic mass is 9.95. The van der Waals surface area contributed by atoms with Crippen molar-refractivity contribution in [2.45, 2.75) is 65.5 Å². The number of nitrogens with one attached hydrogen (secondary N) is 1. The Bertz CT molecular complexity index is 892. The van der Waals surface area contributed by atoms with Gasteiger partial charge in [0.2, 0.25) is 0 Å². The normalized spacial score (nSPS) is 22.5. The van der Waals surface area contributed by atoms with Gasteiger partial charge in [0, 0.05) is 37.1 Å². The number of aryl methyl sites for hydroxylation is 2. The zero-order valence-corrected chi connectivity index (χ0v) is 19.3. The Labute approximate surface area is 186 Å². The molecule has 2 unspecified atom stereocenters. The van der Waals surface area contributed by atoms with Gasteiger partial charge in [-0.05, 0) is 82.7 Å². The molecular weight excluding hydrogens is 386 g/mol. The lowest BCUT2D eigenvalue weighted by Crippen LogP contribution is -2.47. The summed E-state index contributed by atoms with van der Waals surface area (Å²) in [6, 6.07) is 10.9. The Hall–Kier alpha value is -2.34. The fourth-order valence-corrected chi connectivity index (χ4v) is 5.12. The van der Waals surface area contributed by atoms with Gasteiger partial charge in [0.05, 0.1) is 12.2 Å². The van der Waals surface area contributed by atoms with E-state index in [0.717, 1.165) is 48.7 Å². The number of nitrogens with zero attached hydrogens (tertiary/aromatic N) is 4. The molecule has 31 heavy (non-hydrogen) atoms. The smallest absolute Gasteiger partial charge is 0.321 e. The van der Waals surface area contributed by atoms with E-state index in [4.69, 9.17) is 0 Å². The van der Waals surface area contributed by atoms with E-state index in [1.54, 1.807) is 0 Å². The molecule has 6 heteroatoms. The van der Waals surface area contributed by atoms with Gasteiger partial charge in [0.25, 0.3) is 0 Å². The quantitative estimate of drug-likeness (QED) is 0.761. The van der Waals surface area contributed by atoms with Crippen LogP contribution in [0.4, 0.5) is 10.5 Å². The number of anilines is 1. The highest BCUT2D eigenvalue weighted by atomic mass is 16.2. The molecule has 2 aliphatic rings. The molecule has 2 saturated heterocycles. The molecule has 0 aliphatic carbocycles. The number of amides is 2. The van der Waals surface area contributed by atoms with Gasteiger partial charge in [0.15, 0.2) is 0 Å². The maximum atomic E-state index is 13.0. The van der Waals surface area contributed by atoms with Crippen LogP contribution in [0.1, 0.15) is 56.0 Å². The van der Waals surface area contributed by atoms with Crippen molar-refractivity contribution in [3.63, 3.8) is 0 Å². The molecule has 2 fully saturated rings.